The molecule has 0 amide bonds. The van der Waals surface area contributed by atoms with Crippen molar-refractivity contribution in [1.29, 1.82) is 0 Å². The maximum absolute atomic E-state index is 11.0. The molecule has 7 heteroatoms. The van der Waals surface area contributed by atoms with Crippen molar-refractivity contribution in [2.45, 2.75) is 6.54 Å². The lowest BCUT2D eigenvalue weighted by Crippen LogP contribution is -2.06. The lowest BCUT2D eigenvalue weighted by Gasteiger charge is -2.12. The van der Waals surface area contributed by atoms with Gasteiger partial charge in [0, 0.05) is 34.3 Å². The third-order valence-corrected chi connectivity index (χ3v) is 3.21. The largest absolute Gasteiger partial charge is 0.450 e. The van der Waals surface area contributed by atoms with Crippen molar-refractivity contribution >= 4 is 28.9 Å². The zero-order valence-electron chi connectivity index (χ0n) is 11.1. The highest BCUT2D eigenvalue weighted by Crippen LogP contribution is 2.36. The Morgan fingerprint density at radius 2 is 1.76 bits per heavy atom. The molecule has 5 nitrogen and oxygen atoms in total. The highest BCUT2D eigenvalue weighted by Gasteiger charge is 2.17. The first kappa shape index (κ1) is 15.6. The summed E-state index contributed by atoms with van der Waals surface area (Å²) in [5, 5.41) is 14.9. The molecule has 0 saturated carbocycles. The van der Waals surface area contributed by atoms with Gasteiger partial charge < -0.3 is 10.1 Å². The molecule has 2 rings (SSSR count). The first-order chi connectivity index (χ1) is 10.0. The van der Waals surface area contributed by atoms with Crippen LogP contribution < -0.4 is 10.1 Å². The molecule has 0 aliphatic rings. The van der Waals surface area contributed by atoms with E-state index in [2.05, 4.69) is 5.32 Å². The van der Waals surface area contributed by atoms with Crippen molar-refractivity contribution in [3.63, 3.8) is 0 Å². The maximum atomic E-state index is 11.0. The van der Waals surface area contributed by atoms with Gasteiger partial charge in [-0.05, 0) is 25.2 Å². The maximum Gasteiger partial charge on any atom is 0.311 e. The average molecular weight is 327 g/mol. The van der Waals surface area contributed by atoms with E-state index in [1.54, 1.807) is 25.2 Å². The quantitative estimate of drug-likeness (QED) is 0.652. The summed E-state index contributed by atoms with van der Waals surface area (Å²) in [6.07, 6.45) is 0. The van der Waals surface area contributed by atoms with Crippen LogP contribution >= 0.6 is 23.2 Å². The van der Waals surface area contributed by atoms with Crippen LogP contribution in [-0.4, -0.2) is 12.0 Å². The molecule has 0 bridgehead atoms. The minimum absolute atomic E-state index is 0.0760. The van der Waals surface area contributed by atoms with Crippen LogP contribution in [0.4, 0.5) is 5.69 Å². The lowest BCUT2D eigenvalue weighted by atomic mass is 10.2. The molecule has 2 aromatic rings. The number of halogens is 2. The van der Waals surface area contributed by atoms with Crippen LogP contribution in [0.2, 0.25) is 10.0 Å². The third-order valence-electron chi connectivity index (χ3n) is 2.73. The number of hydrogen-bond acceptors (Lipinski definition) is 4. The molecule has 0 fully saturated rings. The molecule has 0 aromatic heterocycles. The van der Waals surface area contributed by atoms with Crippen molar-refractivity contribution in [2.24, 2.45) is 0 Å². The number of ether oxygens (including phenoxy) is 1. The number of hydrogen-bond donors (Lipinski definition) is 1. The highest BCUT2D eigenvalue weighted by molar-refractivity contribution is 6.31. The zero-order chi connectivity index (χ0) is 15.4. The number of rotatable bonds is 5. The molecule has 0 saturated heterocycles. The second-order valence-electron chi connectivity index (χ2n) is 4.25. The van der Waals surface area contributed by atoms with Crippen molar-refractivity contribution in [3.8, 4) is 11.5 Å². The minimum atomic E-state index is -0.520. The van der Waals surface area contributed by atoms with Gasteiger partial charge in [0.05, 0.1) is 4.92 Å². The topological polar surface area (TPSA) is 64.4 Å². The summed E-state index contributed by atoms with van der Waals surface area (Å²) in [6.45, 7) is 0.543. The first-order valence-corrected chi connectivity index (χ1v) is 6.81. The molecule has 110 valence electrons. The normalized spacial score (nSPS) is 10.4. The molecule has 0 radical (unpaired) electrons. The Kier molecular flexibility index (Phi) is 5.01. The second kappa shape index (κ2) is 6.76. The molecule has 0 atom stereocenters. The smallest absolute Gasteiger partial charge is 0.311 e. The zero-order valence-corrected chi connectivity index (χ0v) is 12.6. The first-order valence-electron chi connectivity index (χ1n) is 6.06. The second-order valence-corrected chi connectivity index (χ2v) is 5.13. The van der Waals surface area contributed by atoms with Gasteiger partial charge in [-0.2, -0.15) is 0 Å². The van der Waals surface area contributed by atoms with Crippen molar-refractivity contribution in [2.75, 3.05) is 7.05 Å². The predicted octanol–water partition coefficient (Wildman–Crippen LogP) is 4.41. The summed E-state index contributed by atoms with van der Waals surface area (Å²) in [7, 11) is 1.79. The number of nitro groups is 1. The number of nitrogens with zero attached hydrogens (tertiary/aromatic N) is 1. The van der Waals surface area contributed by atoms with Crippen LogP contribution in [0.3, 0.4) is 0 Å². The van der Waals surface area contributed by atoms with E-state index in [0.717, 1.165) is 5.56 Å². The monoisotopic (exact) mass is 326 g/mol. The summed E-state index contributed by atoms with van der Waals surface area (Å²) in [5.74, 6) is 0.523. The van der Waals surface area contributed by atoms with Gasteiger partial charge in [0.1, 0.15) is 5.75 Å². The highest BCUT2D eigenvalue weighted by atomic mass is 35.5. The molecular weight excluding hydrogens is 315 g/mol. The summed E-state index contributed by atoms with van der Waals surface area (Å²) in [4.78, 5) is 10.5. The van der Waals surface area contributed by atoms with Crippen LogP contribution in [0.5, 0.6) is 11.5 Å². The van der Waals surface area contributed by atoms with E-state index in [-0.39, 0.29) is 11.4 Å². The molecule has 1 N–H and O–H groups in total. The average Bonchev–Trinajstić information content (AvgIpc) is 2.42. The Morgan fingerprint density at radius 3 is 2.38 bits per heavy atom. The van der Waals surface area contributed by atoms with Gasteiger partial charge in [0.2, 0.25) is 5.75 Å². The fraction of sp³-hybridized carbons (Fsp3) is 0.143. The van der Waals surface area contributed by atoms with Gasteiger partial charge in [-0.1, -0.05) is 29.3 Å². The molecular formula is C14H12Cl2N2O3. The van der Waals surface area contributed by atoms with E-state index < -0.39 is 4.92 Å². The fourth-order valence-corrected chi connectivity index (χ4v) is 2.12. The Morgan fingerprint density at radius 1 is 1.14 bits per heavy atom. The fourth-order valence-electron chi connectivity index (χ4n) is 1.80. The SMILES string of the molecule is CNCc1ccc(Cl)cc1Oc1cc(Cl)ccc1[N+](=O)[O-]. The van der Waals surface area contributed by atoms with Gasteiger partial charge >= 0.3 is 5.69 Å². The molecule has 0 spiro atoms. The summed E-state index contributed by atoms with van der Waals surface area (Å²) in [5.41, 5.74) is 0.672. The molecule has 0 heterocycles. The van der Waals surface area contributed by atoms with Crippen molar-refractivity contribution in [3.05, 3.63) is 62.1 Å². The van der Waals surface area contributed by atoms with E-state index in [9.17, 15) is 10.1 Å². The van der Waals surface area contributed by atoms with Crippen LogP contribution in [0.25, 0.3) is 0 Å². The summed E-state index contributed by atoms with van der Waals surface area (Å²) >= 11 is 11.8. The van der Waals surface area contributed by atoms with Gasteiger partial charge in [-0.3, -0.25) is 10.1 Å². The molecule has 21 heavy (non-hydrogen) atoms. The molecule has 0 aliphatic heterocycles. The van der Waals surface area contributed by atoms with Crippen LogP contribution in [0, 0.1) is 10.1 Å². The Labute approximate surface area is 131 Å². The van der Waals surface area contributed by atoms with Gasteiger partial charge in [-0.15, -0.1) is 0 Å². The predicted molar refractivity (Wildman–Crippen MR) is 82.4 cm³/mol. The van der Waals surface area contributed by atoms with E-state index in [4.69, 9.17) is 27.9 Å². The van der Waals surface area contributed by atoms with Gasteiger partial charge in [0.25, 0.3) is 0 Å². The van der Waals surface area contributed by atoms with Crippen molar-refractivity contribution in [1.82, 2.24) is 5.32 Å². The van der Waals surface area contributed by atoms with Gasteiger partial charge in [-0.25, -0.2) is 0 Å². The summed E-state index contributed by atoms with van der Waals surface area (Å²) in [6, 6.07) is 9.29. The van der Waals surface area contributed by atoms with Gasteiger partial charge in [0.15, 0.2) is 0 Å². The van der Waals surface area contributed by atoms with E-state index in [1.165, 1.54) is 18.2 Å². The lowest BCUT2D eigenvalue weighted by molar-refractivity contribution is -0.385. The van der Waals surface area contributed by atoms with Crippen LogP contribution in [-0.2, 0) is 6.54 Å². The van der Waals surface area contributed by atoms with E-state index in [0.29, 0.717) is 22.3 Å². The number of nitro benzene ring substituents is 1. The third kappa shape index (κ3) is 3.85. The number of benzene rings is 2. The van der Waals surface area contributed by atoms with E-state index >= 15 is 0 Å². The van der Waals surface area contributed by atoms with Crippen LogP contribution in [0.15, 0.2) is 36.4 Å². The molecule has 0 aliphatic carbocycles. The van der Waals surface area contributed by atoms with Crippen LogP contribution in [0.1, 0.15) is 5.56 Å². The molecule has 0 unspecified atom stereocenters. The number of nitrogens with one attached hydrogen (secondary N) is 1. The minimum Gasteiger partial charge on any atom is -0.450 e. The van der Waals surface area contributed by atoms with E-state index in [1.807, 2.05) is 0 Å². The molecule has 2 aromatic carbocycles. The Bertz CT molecular complexity index is 677. The standard InChI is InChI=1S/C14H12Cl2N2O3/c1-17-8-9-2-3-10(15)6-13(9)21-14-7-11(16)4-5-12(14)18(19)20/h2-7,17H,8H2,1H3. The Hall–Kier alpha value is -1.82. The summed E-state index contributed by atoms with van der Waals surface area (Å²) < 4.78 is 5.67. The van der Waals surface area contributed by atoms with Crippen molar-refractivity contribution < 1.29 is 9.66 Å². The Balaban J connectivity index is 2.44.